The topological polar surface area (TPSA) is 108 Å². The summed E-state index contributed by atoms with van der Waals surface area (Å²) in [5.74, 6) is -0.527. The largest absolute Gasteiger partial charge is 0.369 e. The highest BCUT2D eigenvalue weighted by Gasteiger charge is 2.38. The number of nitrogens with zero attached hydrogens (tertiary/aromatic N) is 2. The number of carbonyl (C=O) groups excluding carboxylic acids is 1. The minimum absolute atomic E-state index is 0.142. The van der Waals surface area contributed by atoms with Crippen molar-refractivity contribution in [3.63, 3.8) is 0 Å². The molecule has 126 valence electrons. The van der Waals surface area contributed by atoms with Gasteiger partial charge in [0.05, 0.1) is 5.92 Å². The van der Waals surface area contributed by atoms with Crippen LogP contribution >= 0.6 is 0 Å². The fraction of sp³-hybridized carbons (Fsp3) is 0.500. The summed E-state index contributed by atoms with van der Waals surface area (Å²) in [6, 6.07) is 7.70. The number of hydrogen-bond donors (Lipinski definition) is 3. The van der Waals surface area contributed by atoms with E-state index in [0.29, 0.717) is 5.69 Å². The van der Waals surface area contributed by atoms with Gasteiger partial charge in [0.15, 0.2) is 0 Å². The van der Waals surface area contributed by atoms with Crippen molar-refractivity contribution < 1.29 is 13.2 Å². The molecule has 0 atom stereocenters. The van der Waals surface area contributed by atoms with Crippen LogP contribution in [0.4, 0.5) is 11.4 Å². The van der Waals surface area contributed by atoms with Gasteiger partial charge in [0.25, 0.3) is 10.2 Å². The van der Waals surface area contributed by atoms with Crippen LogP contribution in [0.3, 0.4) is 0 Å². The average Bonchev–Trinajstić information content (AvgIpc) is 2.46. The van der Waals surface area contributed by atoms with Gasteiger partial charge in [0.2, 0.25) is 5.91 Å². The molecule has 1 aromatic carbocycles. The van der Waals surface area contributed by atoms with Crippen LogP contribution in [0.2, 0.25) is 0 Å². The maximum Gasteiger partial charge on any atom is 0.276 e. The molecule has 0 saturated carbocycles. The number of benzene rings is 1. The molecule has 2 fully saturated rings. The van der Waals surface area contributed by atoms with E-state index in [-0.39, 0.29) is 24.9 Å². The minimum atomic E-state index is -3.68. The van der Waals surface area contributed by atoms with Crippen molar-refractivity contribution in [1.29, 1.82) is 0 Å². The van der Waals surface area contributed by atoms with Gasteiger partial charge in [0.1, 0.15) is 0 Å². The van der Waals surface area contributed by atoms with E-state index >= 15 is 0 Å². The molecule has 2 aliphatic heterocycles. The standard InChI is InChI=1S/C14H21N5O3S/c15-23(21,22)19-9-11(10-19)14(20)17-12-1-3-13(4-2-12)18-7-5-16-6-8-18/h1-4,11,16H,5-10H2,(H,17,20)(H2,15,21,22). The van der Waals surface area contributed by atoms with Gasteiger partial charge in [-0.25, -0.2) is 5.14 Å². The predicted octanol–water partition coefficient (Wildman–Crippen LogP) is -0.830. The molecule has 0 unspecified atom stereocenters. The first kappa shape index (κ1) is 16.2. The van der Waals surface area contributed by atoms with Crippen molar-refractivity contribution >= 4 is 27.5 Å². The molecule has 9 heteroatoms. The highest BCUT2D eigenvalue weighted by molar-refractivity contribution is 7.86. The van der Waals surface area contributed by atoms with Gasteiger partial charge < -0.3 is 15.5 Å². The first-order chi connectivity index (χ1) is 10.9. The van der Waals surface area contributed by atoms with Crippen LogP contribution in [0.1, 0.15) is 0 Å². The Labute approximate surface area is 135 Å². The van der Waals surface area contributed by atoms with E-state index in [1.54, 1.807) is 0 Å². The maximum atomic E-state index is 12.1. The average molecular weight is 339 g/mol. The molecule has 3 rings (SSSR count). The van der Waals surface area contributed by atoms with E-state index in [1.807, 2.05) is 24.3 Å². The summed E-state index contributed by atoms with van der Waals surface area (Å²) >= 11 is 0. The Hall–Kier alpha value is -1.68. The van der Waals surface area contributed by atoms with Crippen molar-refractivity contribution in [2.75, 3.05) is 49.5 Å². The van der Waals surface area contributed by atoms with Gasteiger partial charge >= 0.3 is 0 Å². The summed E-state index contributed by atoms with van der Waals surface area (Å²) in [4.78, 5) is 14.4. The molecule has 0 spiro atoms. The maximum absolute atomic E-state index is 12.1. The SMILES string of the molecule is NS(=O)(=O)N1CC(C(=O)Nc2ccc(N3CCNCC3)cc2)C1. The number of hydrogen-bond acceptors (Lipinski definition) is 5. The Morgan fingerprint density at radius 2 is 1.78 bits per heavy atom. The summed E-state index contributed by atoms with van der Waals surface area (Å²) in [6.45, 7) is 4.17. The zero-order chi connectivity index (χ0) is 16.4. The Morgan fingerprint density at radius 1 is 1.17 bits per heavy atom. The molecule has 2 heterocycles. The summed E-state index contributed by atoms with van der Waals surface area (Å²) in [5.41, 5.74) is 1.84. The highest BCUT2D eigenvalue weighted by Crippen LogP contribution is 2.22. The quantitative estimate of drug-likeness (QED) is 0.664. The van der Waals surface area contributed by atoms with E-state index in [2.05, 4.69) is 15.5 Å². The normalized spacial score (nSPS) is 20.1. The van der Waals surface area contributed by atoms with E-state index in [1.165, 1.54) is 0 Å². The zero-order valence-corrected chi connectivity index (χ0v) is 13.6. The molecule has 4 N–H and O–H groups in total. The summed E-state index contributed by atoms with van der Waals surface area (Å²) in [6.07, 6.45) is 0. The molecular weight excluding hydrogens is 318 g/mol. The van der Waals surface area contributed by atoms with E-state index in [9.17, 15) is 13.2 Å². The van der Waals surface area contributed by atoms with Crippen molar-refractivity contribution in [3.8, 4) is 0 Å². The zero-order valence-electron chi connectivity index (χ0n) is 12.7. The number of piperazine rings is 1. The lowest BCUT2D eigenvalue weighted by atomic mass is 10.0. The molecule has 1 amide bonds. The molecule has 0 aliphatic carbocycles. The Bertz CT molecular complexity index is 664. The van der Waals surface area contributed by atoms with Crippen LogP contribution in [-0.4, -0.2) is 57.9 Å². The third-order valence-corrected chi connectivity index (χ3v) is 5.21. The van der Waals surface area contributed by atoms with Crippen LogP contribution < -0.4 is 20.7 Å². The van der Waals surface area contributed by atoms with E-state index in [0.717, 1.165) is 36.2 Å². The number of carbonyl (C=O) groups is 1. The van der Waals surface area contributed by atoms with E-state index < -0.39 is 10.2 Å². The third kappa shape index (κ3) is 3.81. The molecule has 2 aliphatic rings. The number of anilines is 2. The minimum Gasteiger partial charge on any atom is -0.369 e. The van der Waals surface area contributed by atoms with Crippen molar-refractivity contribution in [3.05, 3.63) is 24.3 Å². The number of nitrogens with one attached hydrogen (secondary N) is 2. The molecule has 23 heavy (non-hydrogen) atoms. The number of amides is 1. The summed E-state index contributed by atoms with van der Waals surface area (Å²) in [7, 11) is -3.68. The van der Waals surface area contributed by atoms with Crippen LogP contribution in [-0.2, 0) is 15.0 Å². The second-order valence-corrected chi connectivity index (χ2v) is 7.38. The molecule has 0 bridgehead atoms. The first-order valence-electron chi connectivity index (χ1n) is 7.58. The van der Waals surface area contributed by atoms with Crippen molar-refractivity contribution in [2.24, 2.45) is 11.1 Å². The van der Waals surface area contributed by atoms with Gasteiger partial charge in [-0.05, 0) is 24.3 Å². The fourth-order valence-electron chi connectivity index (χ4n) is 2.73. The van der Waals surface area contributed by atoms with Crippen LogP contribution in [0.15, 0.2) is 24.3 Å². The molecule has 0 aromatic heterocycles. The van der Waals surface area contributed by atoms with Crippen LogP contribution in [0.5, 0.6) is 0 Å². The molecule has 0 radical (unpaired) electrons. The van der Waals surface area contributed by atoms with Crippen molar-refractivity contribution in [1.82, 2.24) is 9.62 Å². The van der Waals surface area contributed by atoms with E-state index in [4.69, 9.17) is 5.14 Å². The van der Waals surface area contributed by atoms with Gasteiger partial charge in [0, 0.05) is 50.6 Å². The summed E-state index contributed by atoms with van der Waals surface area (Å²) < 4.78 is 23.3. The third-order valence-electron chi connectivity index (χ3n) is 4.20. The van der Waals surface area contributed by atoms with Crippen molar-refractivity contribution in [2.45, 2.75) is 0 Å². The van der Waals surface area contributed by atoms with Gasteiger partial charge in [-0.3, -0.25) is 4.79 Å². The predicted molar refractivity (Wildman–Crippen MR) is 88.3 cm³/mol. The second-order valence-electron chi connectivity index (χ2n) is 5.83. The van der Waals surface area contributed by atoms with Gasteiger partial charge in [-0.2, -0.15) is 12.7 Å². The fourth-order valence-corrected chi connectivity index (χ4v) is 3.51. The lowest BCUT2D eigenvalue weighted by molar-refractivity contribution is -0.122. The van der Waals surface area contributed by atoms with Gasteiger partial charge in [-0.15, -0.1) is 0 Å². The number of nitrogens with two attached hydrogens (primary N) is 1. The monoisotopic (exact) mass is 339 g/mol. The Balaban J connectivity index is 1.53. The van der Waals surface area contributed by atoms with Gasteiger partial charge in [-0.1, -0.05) is 0 Å². The van der Waals surface area contributed by atoms with Crippen LogP contribution in [0.25, 0.3) is 0 Å². The summed E-state index contributed by atoms with van der Waals surface area (Å²) in [5, 5.41) is 11.1. The first-order valence-corrected chi connectivity index (χ1v) is 9.08. The Kier molecular flexibility index (Phi) is 4.53. The highest BCUT2D eigenvalue weighted by atomic mass is 32.2. The lowest BCUT2D eigenvalue weighted by Gasteiger charge is -2.35. The smallest absolute Gasteiger partial charge is 0.276 e. The molecular formula is C14H21N5O3S. The number of rotatable bonds is 4. The molecule has 2 saturated heterocycles. The Morgan fingerprint density at radius 3 is 2.35 bits per heavy atom. The lowest BCUT2D eigenvalue weighted by Crippen LogP contribution is -2.56. The molecule has 1 aromatic rings. The molecule has 8 nitrogen and oxygen atoms in total. The second kappa shape index (κ2) is 6.44. The van der Waals surface area contributed by atoms with Crippen LogP contribution in [0, 0.1) is 5.92 Å².